The average Bonchev–Trinajstić information content (AvgIpc) is 2.25. The van der Waals surface area contributed by atoms with Crippen LogP contribution in [0, 0.1) is 6.92 Å². The van der Waals surface area contributed by atoms with Gasteiger partial charge in [-0.1, -0.05) is 41.4 Å². The molecule has 0 aromatic heterocycles. The SMILES string of the molecule is Cc1ccc(Oc2ccccc2Cl)c(Cl)c1. The van der Waals surface area contributed by atoms with Crippen LogP contribution >= 0.6 is 23.2 Å². The minimum atomic E-state index is 0.569. The Morgan fingerprint density at radius 1 is 0.875 bits per heavy atom. The van der Waals surface area contributed by atoms with Crippen molar-refractivity contribution in [1.82, 2.24) is 0 Å². The number of ether oxygens (including phenoxy) is 1. The summed E-state index contributed by atoms with van der Waals surface area (Å²) in [5.41, 5.74) is 1.09. The molecule has 2 rings (SSSR count). The van der Waals surface area contributed by atoms with Gasteiger partial charge in [-0.15, -0.1) is 0 Å². The number of hydrogen-bond donors (Lipinski definition) is 0. The zero-order valence-corrected chi connectivity index (χ0v) is 10.2. The van der Waals surface area contributed by atoms with E-state index in [1.54, 1.807) is 12.1 Å². The molecule has 2 aromatic rings. The van der Waals surface area contributed by atoms with Crippen LogP contribution in [-0.4, -0.2) is 0 Å². The van der Waals surface area contributed by atoms with E-state index in [-0.39, 0.29) is 0 Å². The van der Waals surface area contributed by atoms with Crippen LogP contribution in [0.25, 0.3) is 0 Å². The Hall–Kier alpha value is -1.18. The molecule has 0 bridgehead atoms. The summed E-state index contributed by atoms with van der Waals surface area (Å²) in [6, 6.07) is 12.9. The number of rotatable bonds is 2. The Kier molecular flexibility index (Phi) is 3.37. The molecule has 0 heterocycles. The fourth-order valence-corrected chi connectivity index (χ4v) is 1.78. The smallest absolute Gasteiger partial charge is 0.146 e. The lowest BCUT2D eigenvalue weighted by Crippen LogP contribution is -1.86. The zero-order chi connectivity index (χ0) is 11.5. The first-order chi connectivity index (χ1) is 7.66. The summed E-state index contributed by atoms with van der Waals surface area (Å²) < 4.78 is 5.63. The second kappa shape index (κ2) is 4.77. The first-order valence-corrected chi connectivity index (χ1v) is 5.61. The molecule has 2 aromatic carbocycles. The highest BCUT2D eigenvalue weighted by Crippen LogP contribution is 2.33. The fourth-order valence-electron chi connectivity index (χ4n) is 1.33. The van der Waals surface area contributed by atoms with E-state index in [1.807, 2.05) is 37.3 Å². The third-order valence-corrected chi connectivity index (χ3v) is 2.75. The molecule has 82 valence electrons. The monoisotopic (exact) mass is 252 g/mol. The molecule has 0 spiro atoms. The summed E-state index contributed by atoms with van der Waals surface area (Å²) in [6.45, 7) is 1.98. The Morgan fingerprint density at radius 3 is 2.25 bits per heavy atom. The standard InChI is InChI=1S/C13H10Cl2O/c1-9-6-7-13(11(15)8-9)16-12-5-3-2-4-10(12)14/h2-8H,1H3. The molecule has 0 fully saturated rings. The lowest BCUT2D eigenvalue weighted by Gasteiger charge is -2.09. The average molecular weight is 253 g/mol. The minimum absolute atomic E-state index is 0.569. The van der Waals surface area contributed by atoms with E-state index in [4.69, 9.17) is 27.9 Å². The first kappa shape index (κ1) is 11.3. The summed E-state index contributed by atoms with van der Waals surface area (Å²) in [4.78, 5) is 0. The van der Waals surface area contributed by atoms with Crippen LogP contribution in [0.1, 0.15) is 5.56 Å². The molecule has 0 aliphatic carbocycles. The highest BCUT2D eigenvalue weighted by Gasteiger charge is 2.05. The number of aryl methyl sites for hydroxylation is 1. The van der Waals surface area contributed by atoms with E-state index < -0.39 is 0 Å². The lowest BCUT2D eigenvalue weighted by atomic mass is 10.2. The molecule has 0 N–H and O–H groups in total. The van der Waals surface area contributed by atoms with Gasteiger partial charge in [-0.05, 0) is 36.8 Å². The third kappa shape index (κ3) is 2.49. The zero-order valence-electron chi connectivity index (χ0n) is 8.71. The molecule has 0 aliphatic rings. The van der Waals surface area contributed by atoms with E-state index in [1.165, 1.54) is 0 Å². The van der Waals surface area contributed by atoms with E-state index in [9.17, 15) is 0 Å². The van der Waals surface area contributed by atoms with Crippen molar-refractivity contribution >= 4 is 23.2 Å². The fraction of sp³-hybridized carbons (Fsp3) is 0.0769. The third-order valence-electron chi connectivity index (χ3n) is 2.14. The molecule has 0 aliphatic heterocycles. The van der Waals surface area contributed by atoms with Crippen molar-refractivity contribution in [3.05, 3.63) is 58.1 Å². The summed E-state index contributed by atoms with van der Waals surface area (Å²) in [5, 5.41) is 1.15. The van der Waals surface area contributed by atoms with E-state index in [0.717, 1.165) is 5.56 Å². The van der Waals surface area contributed by atoms with Crippen molar-refractivity contribution in [2.45, 2.75) is 6.92 Å². The summed E-state index contributed by atoms with van der Waals surface area (Å²) in [7, 11) is 0. The van der Waals surface area contributed by atoms with Crippen molar-refractivity contribution in [3.63, 3.8) is 0 Å². The molecule has 0 atom stereocenters. The van der Waals surface area contributed by atoms with Crippen molar-refractivity contribution in [1.29, 1.82) is 0 Å². The normalized spacial score (nSPS) is 10.2. The van der Waals surface area contributed by atoms with Crippen LogP contribution in [0.15, 0.2) is 42.5 Å². The summed E-state index contributed by atoms with van der Waals surface area (Å²) >= 11 is 12.1. The molecule has 0 radical (unpaired) electrons. The molecule has 3 heteroatoms. The number of para-hydroxylation sites is 1. The second-order valence-electron chi connectivity index (χ2n) is 3.47. The van der Waals surface area contributed by atoms with Crippen LogP contribution in [-0.2, 0) is 0 Å². The molecule has 1 nitrogen and oxygen atoms in total. The molecule has 0 saturated carbocycles. The maximum absolute atomic E-state index is 6.06. The van der Waals surface area contributed by atoms with Crippen LogP contribution in [0.5, 0.6) is 11.5 Å². The molecule has 16 heavy (non-hydrogen) atoms. The Labute approximate surface area is 105 Å². The van der Waals surface area contributed by atoms with Crippen LogP contribution in [0.3, 0.4) is 0 Å². The predicted octanol–water partition coefficient (Wildman–Crippen LogP) is 5.09. The van der Waals surface area contributed by atoms with Crippen LogP contribution < -0.4 is 4.74 Å². The van der Waals surface area contributed by atoms with Gasteiger partial charge < -0.3 is 4.74 Å². The Balaban J connectivity index is 2.31. The molecular formula is C13H10Cl2O. The minimum Gasteiger partial charge on any atom is -0.454 e. The van der Waals surface area contributed by atoms with Gasteiger partial charge in [-0.3, -0.25) is 0 Å². The number of hydrogen-bond acceptors (Lipinski definition) is 1. The van der Waals surface area contributed by atoms with E-state index in [0.29, 0.717) is 21.5 Å². The van der Waals surface area contributed by atoms with E-state index in [2.05, 4.69) is 0 Å². The van der Waals surface area contributed by atoms with Gasteiger partial charge in [-0.2, -0.15) is 0 Å². The highest BCUT2D eigenvalue weighted by molar-refractivity contribution is 6.32. The molecule has 0 saturated heterocycles. The van der Waals surface area contributed by atoms with Gasteiger partial charge in [0.1, 0.15) is 11.5 Å². The quantitative estimate of drug-likeness (QED) is 0.723. The molecule has 0 amide bonds. The van der Waals surface area contributed by atoms with Gasteiger partial charge in [0.15, 0.2) is 0 Å². The van der Waals surface area contributed by atoms with Crippen molar-refractivity contribution < 1.29 is 4.74 Å². The van der Waals surface area contributed by atoms with Crippen molar-refractivity contribution in [2.75, 3.05) is 0 Å². The van der Waals surface area contributed by atoms with Crippen molar-refractivity contribution in [3.8, 4) is 11.5 Å². The van der Waals surface area contributed by atoms with Crippen LogP contribution in [0.2, 0.25) is 10.0 Å². The maximum Gasteiger partial charge on any atom is 0.146 e. The van der Waals surface area contributed by atoms with E-state index >= 15 is 0 Å². The van der Waals surface area contributed by atoms with Gasteiger partial charge in [0.25, 0.3) is 0 Å². The van der Waals surface area contributed by atoms with Gasteiger partial charge in [-0.25, -0.2) is 0 Å². The topological polar surface area (TPSA) is 9.23 Å². The first-order valence-electron chi connectivity index (χ1n) is 4.85. The predicted molar refractivity (Wildman–Crippen MR) is 67.7 cm³/mol. The summed E-state index contributed by atoms with van der Waals surface area (Å²) in [5.74, 6) is 1.22. The largest absolute Gasteiger partial charge is 0.454 e. The van der Waals surface area contributed by atoms with Gasteiger partial charge in [0.2, 0.25) is 0 Å². The van der Waals surface area contributed by atoms with Crippen LogP contribution in [0.4, 0.5) is 0 Å². The van der Waals surface area contributed by atoms with Crippen molar-refractivity contribution in [2.24, 2.45) is 0 Å². The Bertz CT molecular complexity index is 509. The Morgan fingerprint density at radius 2 is 1.56 bits per heavy atom. The number of halogens is 2. The van der Waals surface area contributed by atoms with Gasteiger partial charge >= 0.3 is 0 Å². The second-order valence-corrected chi connectivity index (χ2v) is 4.28. The van der Waals surface area contributed by atoms with Gasteiger partial charge in [0, 0.05) is 0 Å². The lowest BCUT2D eigenvalue weighted by molar-refractivity contribution is 0.483. The number of benzene rings is 2. The van der Waals surface area contributed by atoms with Gasteiger partial charge in [0.05, 0.1) is 10.0 Å². The molecular weight excluding hydrogens is 243 g/mol. The molecule has 0 unspecified atom stereocenters. The highest BCUT2D eigenvalue weighted by atomic mass is 35.5. The summed E-state index contributed by atoms with van der Waals surface area (Å²) in [6.07, 6.45) is 0. The maximum atomic E-state index is 6.06.